The number of nitrogens with zero attached hydrogens (tertiary/aromatic N) is 3. The molecule has 10 nitrogen and oxygen atoms in total. The highest BCUT2D eigenvalue weighted by Gasteiger charge is 2.33. The summed E-state index contributed by atoms with van der Waals surface area (Å²) in [5, 5.41) is 2.12. The molecule has 10 heteroatoms. The first-order chi connectivity index (χ1) is 17.8. The maximum Gasteiger partial charge on any atom is 0.333 e. The Bertz CT molecular complexity index is 1240. The van der Waals surface area contributed by atoms with Gasteiger partial charge in [0.15, 0.2) is 0 Å². The van der Waals surface area contributed by atoms with Crippen LogP contribution in [0.2, 0.25) is 0 Å². The molecule has 2 heterocycles. The van der Waals surface area contributed by atoms with Crippen molar-refractivity contribution < 1.29 is 24.0 Å². The molecule has 37 heavy (non-hydrogen) atoms. The van der Waals surface area contributed by atoms with Crippen LogP contribution in [-0.4, -0.2) is 40.3 Å². The number of carbonyl (C=O) groups excluding carboxylic acids is 4. The van der Waals surface area contributed by atoms with Crippen molar-refractivity contribution in [2.45, 2.75) is 52.0 Å². The molecule has 0 aliphatic carbocycles. The van der Waals surface area contributed by atoms with Gasteiger partial charge in [-0.3, -0.25) is 14.4 Å². The molecule has 2 aliphatic rings. The number of hydroxylamine groups is 2. The molecule has 0 radical (unpaired) electrons. The van der Waals surface area contributed by atoms with Gasteiger partial charge >= 0.3 is 5.97 Å². The minimum Gasteiger partial charge on any atom is -0.396 e. The molecule has 4 rings (SSSR count). The molecule has 0 spiro atoms. The Morgan fingerprint density at radius 1 is 0.973 bits per heavy atom. The second-order valence-corrected chi connectivity index (χ2v) is 9.01. The van der Waals surface area contributed by atoms with E-state index in [1.165, 1.54) is 0 Å². The standard InChI is InChI=1S/C27H31N5O5/c1-2-3-16-31(29)27-20-10-6-7-11-21(20)30(17-18-8-4-5-9-19(18)26(27)28)22(33)14-15-25(36)37-32-23(34)12-13-24(32)35/h4-11H,2-3,12-17,28-29H2,1H3/b27-26-. The van der Waals surface area contributed by atoms with Gasteiger partial charge in [0.05, 0.1) is 30.0 Å². The molecular formula is C27H31N5O5. The van der Waals surface area contributed by atoms with Crippen molar-refractivity contribution in [1.29, 1.82) is 0 Å². The molecule has 0 bridgehead atoms. The van der Waals surface area contributed by atoms with Gasteiger partial charge < -0.3 is 20.5 Å². The zero-order chi connectivity index (χ0) is 26.5. The summed E-state index contributed by atoms with van der Waals surface area (Å²) in [4.78, 5) is 55.8. The van der Waals surface area contributed by atoms with E-state index in [2.05, 4.69) is 6.92 Å². The van der Waals surface area contributed by atoms with E-state index < -0.39 is 17.8 Å². The molecule has 1 fully saturated rings. The smallest absolute Gasteiger partial charge is 0.333 e. The van der Waals surface area contributed by atoms with E-state index in [9.17, 15) is 19.2 Å². The average molecular weight is 506 g/mol. The summed E-state index contributed by atoms with van der Waals surface area (Å²) in [5.41, 5.74) is 10.8. The quantitative estimate of drug-likeness (QED) is 0.317. The minimum absolute atomic E-state index is 0.00438. The van der Waals surface area contributed by atoms with Crippen LogP contribution in [-0.2, 0) is 30.6 Å². The van der Waals surface area contributed by atoms with Crippen molar-refractivity contribution in [1.82, 2.24) is 10.1 Å². The van der Waals surface area contributed by atoms with Crippen LogP contribution in [0.1, 0.15) is 62.1 Å². The normalized spacial score (nSPS) is 17.1. The van der Waals surface area contributed by atoms with Gasteiger partial charge in [-0.25, -0.2) is 10.6 Å². The number of rotatable bonds is 8. The van der Waals surface area contributed by atoms with Crippen molar-refractivity contribution in [2.75, 3.05) is 11.4 Å². The Balaban J connectivity index is 1.64. The summed E-state index contributed by atoms with van der Waals surface area (Å²) in [7, 11) is 0. The molecular weight excluding hydrogens is 474 g/mol. The Labute approximate surface area is 215 Å². The fourth-order valence-electron chi connectivity index (χ4n) is 4.48. The number of hydrogen-bond donors (Lipinski definition) is 2. The Morgan fingerprint density at radius 2 is 1.62 bits per heavy atom. The zero-order valence-corrected chi connectivity index (χ0v) is 20.8. The summed E-state index contributed by atoms with van der Waals surface area (Å²) < 4.78 is 0. The minimum atomic E-state index is -0.824. The molecule has 0 unspecified atom stereocenters. The predicted molar refractivity (Wildman–Crippen MR) is 137 cm³/mol. The highest BCUT2D eigenvalue weighted by Crippen LogP contribution is 2.37. The number of fused-ring (bicyclic) bond motifs is 2. The predicted octanol–water partition coefficient (Wildman–Crippen LogP) is 2.68. The van der Waals surface area contributed by atoms with Crippen LogP contribution >= 0.6 is 0 Å². The summed E-state index contributed by atoms with van der Waals surface area (Å²) in [6.45, 7) is 2.89. The SMILES string of the molecule is CCCCN(N)/C1=C(\N)c2ccccc2CN(C(=O)CCC(=O)ON2C(=O)CCC2=O)c2ccccc21. The number of amides is 3. The first-order valence-corrected chi connectivity index (χ1v) is 12.4. The number of para-hydroxylation sites is 1. The van der Waals surface area contributed by atoms with Gasteiger partial charge in [-0.05, 0) is 18.1 Å². The van der Waals surface area contributed by atoms with Gasteiger partial charge in [-0.15, -0.1) is 5.06 Å². The van der Waals surface area contributed by atoms with Gasteiger partial charge in [0, 0.05) is 36.9 Å². The number of imide groups is 1. The van der Waals surface area contributed by atoms with Crippen LogP contribution in [0.15, 0.2) is 48.5 Å². The average Bonchev–Trinajstić information content (AvgIpc) is 3.21. The van der Waals surface area contributed by atoms with Crippen molar-refractivity contribution in [3.63, 3.8) is 0 Å². The first kappa shape index (κ1) is 25.9. The van der Waals surface area contributed by atoms with Crippen LogP contribution < -0.4 is 16.5 Å². The molecule has 1 saturated heterocycles. The Morgan fingerprint density at radius 3 is 2.32 bits per heavy atom. The van der Waals surface area contributed by atoms with Crippen molar-refractivity contribution >= 4 is 40.8 Å². The van der Waals surface area contributed by atoms with E-state index in [0.29, 0.717) is 34.3 Å². The third-order valence-electron chi connectivity index (χ3n) is 6.42. The number of unbranched alkanes of at least 4 members (excludes halogenated alkanes) is 1. The van der Waals surface area contributed by atoms with E-state index in [1.807, 2.05) is 48.5 Å². The molecule has 0 aromatic heterocycles. The largest absolute Gasteiger partial charge is 0.396 e. The maximum atomic E-state index is 13.5. The number of anilines is 1. The summed E-state index contributed by atoms with van der Waals surface area (Å²) >= 11 is 0. The van der Waals surface area contributed by atoms with Gasteiger partial charge in [0.25, 0.3) is 11.8 Å². The lowest BCUT2D eigenvalue weighted by atomic mass is 9.95. The molecule has 4 N–H and O–H groups in total. The maximum absolute atomic E-state index is 13.5. The van der Waals surface area contributed by atoms with Crippen molar-refractivity contribution in [3.05, 3.63) is 65.2 Å². The number of hydrazine groups is 1. The molecule has 2 aromatic rings. The van der Waals surface area contributed by atoms with Crippen LogP contribution in [0.25, 0.3) is 11.4 Å². The van der Waals surface area contributed by atoms with E-state index in [-0.39, 0.29) is 38.1 Å². The fraction of sp³-hybridized carbons (Fsp3) is 0.333. The second-order valence-electron chi connectivity index (χ2n) is 9.01. The summed E-state index contributed by atoms with van der Waals surface area (Å²) in [6, 6.07) is 14.9. The van der Waals surface area contributed by atoms with E-state index >= 15 is 0 Å². The van der Waals surface area contributed by atoms with Gasteiger partial charge in [-0.1, -0.05) is 55.8 Å². The summed E-state index contributed by atoms with van der Waals surface area (Å²) in [6.07, 6.45) is 1.36. The summed E-state index contributed by atoms with van der Waals surface area (Å²) in [5.74, 6) is 4.23. The topological polar surface area (TPSA) is 139 Å². The van der Waals surface area contributed by atoms with Crippen LogP contribution in [0, 0.1) is 0 Å². The molecule has 3 amide bonds. The zero-order valence-electron chi connectivity index (χ0n) is 20.8. The third-order valence-corrected chi connectivity index (χ3v) is 6.42. The van der Waals surface area contributed by atoms with E-state index in [1.54, 1.807) is 9.91 Å². The van der Waals surface area contributed by atoms with Crippen LogP contribution in [0.5, 0.6) is 0 Å². The van der Waals surface area contributed by atoms with Gasteiger partial charge in [-0.2, -0.15) is 0 Å². The highest BCUT2D eigenvalue weighted by molar-refractivity contribution is 6.03. The van der Waals surface area contributed by atoms with Crippen LogP contribution in [0.3, 0.4) is 0 Å². The fourth-order valence-corrected chi connectivity index (χ4v) is 4.48. The lowest BCUT2D eigenvalue weighted by Gasteiger charge is -2.33. The Hall–Kier alpha value is -4.18. The number of benzene rings is 2. The molecule has 0 atom stereocenters. The van der Waals surface area contributed by atoms with Crippen molar-refractivity contribution in [2.24, 2.45) is 11.6 Å². The number of nitrogens with two attached hydrogens (primary N) is 2. The lowest BCUT2D eigenvalue weighted by molar-refractivity contribution is -0.197. The van der Waals surface area contributed by atoms with Crippen LogP contribution in [0.4, 0.5) is 5.69 Å². The molecule has 0 saturated carbocycles. The number of hydrogen-bond acceptors (Lipinski definition) is 8. The Kier molecular flexibility index (Phi) is 7.88. The molecule has 194 valence electrons. The molecule has 2 aromatic carbocycles. The monoisotopic (exact) mass is 505 g/mol. The van der Waals surface area contributed by atoms with E-state index in [4.69, 9.17) is 16.4 Å². The van der Waals surface area contributed by atoms with Crippen molar-refractivity contribution in [3.8, 4) is 0 Å². The first-order valence-electron chi connectivity index (χ1n) is 12.4. The van der Waals surface area contributed by atoms with Gasteiger partial charge in [0.1, 0.15) is 0 Å². The highest BCUT2D eigenvalue weighted by atomic mass is 16.7. The van der Waals surface area contributed by atoms with Gasteiger partial charge in [0.2, 0.25) is 5.91 Å². The lowest BCUT2D eigenvalue weighted by Crippen LogP contribution is -2.37. The number of carbonyl (C=O) groups is 4. The third kappa shape index (κ3) is 5.49. The second kappa shape index (κ2) is 11.3. The van der Waals surface area contributed by atoms with E-state index in [0.717, 1.165) is 24.0 Å². The molecule has 2 aliphatic heterocycles.